The third-order valence-corrected chi connectivity index (χ3v) is 6.09. The molecule has 9 nitrogen and oxygen atoms in total. The number of amides is 2. The van der Waals surface area contributed by atoms with Crippen molar-refractivity contribution in [3.63, 3.8) is 0 Å². The van der Waals surface area contributed by atoms with Crippen molar-refractivity contribution >= 4 is 35.2 Å². The van der Waals surface area contributed by atoms with Crippen molar-refractivity contribution in [2.24, 2.45) is 0 Å². The fourth-order valence-electron chi connectivity index (χ4n) is 4.14. The van der Waals surface area contributed by atoms with E-state index in [0.717, 1.165) is 43.1 Å². The third kappa shape index (κ3) is 3.89. The third-order valence-electron chi connectivity index (χ3n) is 6.09. The van der Waals surface area contributed by atoms with E-state index in [-0.39, 0.29) is 18.2 Å². The Morgan fingerprint density at radius 1 is 1.27 bits per heavy atom. The standard InChI is InChI=1S/C21H27N7O2/c1-27-7-3-2-4-16(27)12-22-17-10-18(24-15-5-6-15)28-20(25-17)14(11-23-28)8-13-9-19(29)26-21(13)30/h8,10-11,15-16,24H,2-7,9,12H2,1H3,(H,22,25)(H,26,29,30)/b13-8+. The lowest BCUT2D eigenvalue weighted by atomic mass is 10.0. The van der Waals surface area contributed by atoms with Crippen molar-refractivity contribution in [2.75, 3.05) is 30.8 Å². The summed E-state index contributed by atoms with van der Waals surface area (Å²) in [6.45, 7) is 1.97. The molecule has 0 spiro atoms. The lowest BCUT2D eigenvalue weighted by Gasteiger charge is -2.32. The van der Waals surface area contributed by atoms with Gasteiger partial charge in [0.1, 0.15) is 11.6 Å². The lowest BCUT2D eigenvalue weighted by Crippen LogP contribution is -2.40. The van der Waals surface area contributed by atoms with E-state index in [1.807, 2.05) is 6.07 Å². The average Bonchev–Trinajstić information content (AvgIpc) is 3.36. The fraction of sp³-hybridized carbons (Fsp3) is 0.524. The molecule has 1 aliphatic carbocycles. The van der Waals surface area contributed by atoms with Gasteiger partial charge in [-0.2, -0.15) is 9.61 Å². The first-order chi connectivity index (χ1) is 14.6. The molecule has 2 amide bonds. The first-order valence-electron chi connectivity index (χ1n) is 10.7. The van der Waals surface area contributed by atoms with Crippen molar-refractivity contribution in [3.8, 4) is 0 Å². The van der Waals surface area contributed by atoms with Crippen molar-refractivity contribution in [1.29, 1.82) is 0 Å². The highest BCUT2D eigenvalue weighted by Gasteiger charge is 2.26. The van der Waals surface area contributed by atoms with Gasteiger partial charge < -0.3 is 15.5 Å². The number of rotatable bonds is 6. The van der Waals surface area contributed by atoms with Crippen LogP contribution in [0.1, 0.15) is 44.1 Å². The fourth-order valence-corrected chi connectivity index (χ4v) is 4.14. The zero-order chi connectivity index (χ0) is 20.7. The maximum atomic E-state index is 12.0. The highest BCUT2D eigenvalue weighted by molar-refractivity contribution is 6.15. The number of likely N-dealkylation sites (tertiary alicyclic amines) is 1. The van der Waals surface area contributed by atoms with Crippen LogP contribution in [0.4, 0.5) is 11.6 Å². The number of fused-ring (bicyclic) bond motifs is 1. The number of nitrogens with zero attached hydrogens (tertiary/aromatic N) is 4. The summed E-state index contributed by atoms with van der Waals surface area (Å²) >= 11 is 0. The lowest BCUT2D eigenvalue weighted by molar-refractivity contribution is -0.124. The Hall–Kier alpha value is -2.94. The van der Waals surface area contributed by atoms with Crippen LogP contribution in [-0.4, -0.2) is 63.5 Å². The smallest absolute Gasteiger partial charge is 0.254 e. The minimum Gasteiger partial charge on any atom is -0.368 e. The summed E-state index contributed by atoms with van der Waals surface area (Å²) in [7, 11) is 2.18. The molecule has 1 unspecified atom stereocenters. The molecule has 3 N–H and O–H groups in total. The van der Waals surface area contributed by atoms with Gasteiger partial charge in [-0.15, -0.1) is 0 Å². The van der Waals surface area contributed by atoms with Crippen LogP contribution in [0.25, 0.3) is 11.7 Å². The average molecular weight is 409 g/mol. The zero-order valence-electron chi connectivity index (χ0n) is 17.1. The Balaban J connectivity index is 1.45. The summed E-state index contributed by atoms with van der Waals surface area (Å²) in [4.78, 5) is 30.7. The maximum Gasteiger partial charge on any atom is 0.254 e. The normalized spacial score (nSPS) is 23.9. The molecule has 5 rings (SSSR count). The molecule has 158 valence electrons. The number of imide groups is 1. The van der Waals surface area contributed by atoms with Gasteiger partial charge in [0.15, 0.2) is 5.65 Å². The van der Waals surface area contributed by atoms with Crippen LogP contribution in [0.2, 0.25) is 0 Å². The predicted octanol–water partition coefficient (Wildman–Crippen LogP) is 1.63. The van der Waals surface area contributed by atoms with Gasteiger partial charge in [0.25, 0.3) is 5.91 Å². The van der Waals surface area contributed by atoms with Gasteiger partial charge in [0.2, 0.25) is 5.91 Å². The summed E-state index contributed by atoms with van der Waals surface area (Å²) in [6.07, 6.45) is 9.52. The van der Waals surface area contributed by atoms with E-state index in [4.69, 9.17) is 4.98 Å². The summed E-state index contributed by atoms with van der Waals surface area (Å²) in [6, 6.07) is 2.97. The maximum absolute atomic E-state index is 12.0. The second-order valence-electron chi connectivity index (χ2n) is 8.52. The van der Waals surface area contributed by atoms with Crippen LogP contribution in [0.3, 0.4) is 0 Å². The molecule has 0 radical (unpaired) electrons. The van der Waals surface area contributed by atoms with Crippen LogP contribution in [0.5, 0.6) is 0 Å². The SMILES string of the molecule is CN1CCCCC1CNc1cc(NC2CC2)n2ncc(/C=C3\CC(=O)NC3=O)c2n1. The molecule has 30 heavy (non-hydrogen) atoms. The van der Waals surface area contributed by atoms with E-state index < -0.39 is 0 Å². The molecule has 2 saturated heterocycles. The van der Waals surface area contributed by atoms with Gasteiger partial charge in [-0.1, -0.05) is 6.42 Å². The van der Waals surface area contributed by atoms with E-state index in [1.165, 1.54) is 19.3 Å². The molecule has 4 heterocycles. The van der Waals surface area contributed by atoms with Gasteiger partial charge in [-0.25, -0.2) is 4.98 Å². The van der Waals surface area contributed by atoms with Crippen LogP contribution in [0, 0.1) is 0 Å². The second-order valence-corrected chi connectivity index (χ2v) is 8.52. The zero-order valence-corrected chi connectivity index (χ0v) is 17.1. The van der Waals surface area contributed by atoms with Crippen LogP contribution in [-0.2, 0) is 9.59 Å². The quantitative estimate of drug-likeness (QED) is 0.492. The Morgan fingerprint density at radius 2 is 2.13 bits per heavy atom. The number of hydrogen-bond acceptors (Lipinski definition) is 7. The number of carbonyl (C=O) groups excluding carboxylic acids is 2. The molecule has 2 aromatic heterocycles. The van der Waals surface area contributed by atoms with Crippen LogP contribution >= 0.6 is 0 Å². The minimum atomic E-state index is -0.342. The molecule has 0 bridgehead atoms. The van der Waals surface area contributed by atoms with Crippen molar-refractivity contribution in [1.82, 2.24) is 24.8 Å². The molecule has 2 aliphatic heterocycles. The van der Waals surface area contributed by atoms with E-state index in [2.05, 4.69) is 33.0 Å². The van der Waals surface area contributed by atoms with Crippen molar-refractivity contribution in [3.05, 3.63) is 23.4 Å². The van der Waals surface area contributed by atoms with Crippen molar-refractivity contribution in [2.45, 2.75) is 50.6 Å². The summed E-state index contributed by atoms with van der Waals surface area (Å²) in [5.41, 5.74) is 1.84. The first kappa shape index (κ1) is 19.0. The molecule has 3 aliphatic rings. The van der Waals surface area contributed by atoms with E-state index in [9.17, 15) is 9.59 Å². The molecule has 3 fully saturated rings. The van der Waals surface area contributed by atoms with E-state index >= 15 is 0 Å². The number of piperidine rings is 1. The molecule has 1 saturated carbocycles. The summed E-state index contributed by atoms with van der Waals surface area (Å²) in [5, 5.41) is 13.8. The molecule has 0 aromatic carbocycles. The molecule has 2 aromatic rings. The van der Waals surface area contributed by atoms with Crippen LogP contribution in [0.15, 0.2) is 17.8 Å². The number of anilines is 2. The van der Waals surface area contributed by atoms with Crippen LogP contribution < -0.4 is 16.0 Å². The molecule has 1 atom stereocenters. The number of aromatic nitrogens is 3. The summed E-state index contributed by atoms with van der Waals surface area (Å²) < 4.78 is 1.78. The summed E-state index contributed by atoms with van der Waals surface area (Å²) in [5.74, 6) is 1.06. The monoisotopic (exact) mass is 409 g/mol. The molecular formula is C21H27N7O2. The van der Waals surface area contributed by atoms with Crippen molar-refractivity contribution < 1.29 is 9.59 Å². The second kappa shape index (κ2) is 7.71. The largest absolute Gasteiger partial charge is 0.368 e. The Morgan fingerprint density at radius 3 is 2.87 bits per heavy atom. The van der Waals surface area contributed by atoms with Gasteiger partial charge >= 0.3 is 0 Å². The number of hydrogen-bond donors (Lipinski definition) is 3. The minimum absolute atomic E-state index is 0.0926. The van der Waals surface area contributed by atoms with E-state index in [0.29, 0.717) is 23.3 Å². The van der Waals surface area contributed by atoms with Gasteiger partial charge in [-0.3, -0.25) is 14.9 Å². The Kier molecular flexibility index (Phi) is 4.90. The Bertz CT molecular complexity index is 1020. The molecular weight excluding hydrogens is 382 g/mol. The highest BCUT2D eigenvalue weighted by atomic mass is 16.2. The number of nitrogens with one attached hydrogen (secondary N) is 3. The topological polar surface area (TPSA) is 104 Å². The Labute approximate surface area is 174 Å². The predicted molar refractivity (Wildman–Crippen MR) is 114 cm³/mol. The molecule has 9 heteroatoms. The van der Waals surface area contributed by atoms with Gasteiger partial charge in [0.05, 0.1) is 12.6 Å². The number of likely N-dealkylation sites (N-methyl/N-ethyl adjacent to an activating group) is 1. The van der Waals surface area contributed by atoms with Gasteiger partial charge in [0, 0.05) is 35.8 Å². The first-order valence-corrected chi connectivity index (χ1v) is 10.7. The van der Waals surface area contributed by atoms with Gasteiger partial charge in [-0.05, 0) is 45.4 Å². The highest BCUT2D eigenvalue weighted by Crippen LogP contribution is 2.28. The van der Waals surface area contributed by atoms with E-state index in [1.54, 1.807) is 16.8 Å². The number of carbonyl (C=O) groups is 2.